The number of phenols is 1. The number of hydrogen-bond donors (Lipinski definition) is 1. The van der Waals surface area contributed by atoms with Crippen molar-refractivity contribution >= 4 is 61.1 Å². The molecule has 2 aromatic heterocycles. The van der Waals surface area contributed by atoms with Gasteiger partial charge in [0.05, 0.1) is 28.0 Å². The number of aromatic hydroxyl groups is 1. The van der Waals surface area contributed by atoms with E-state index in [9.17, 15) is 15.0 Å². The van der Waals surface area contributed by atoms with E-state index < -0.39 is 12.6 Å². The van der Waals surface area contributed by atoms with Gasteiger partial charge < -0.3 is 24.5 Å². The number of aliphatic carboxylic acids is 1. The van der Waals surface area contributed by atoms with E-state index in [4.69, 9.17) is 9.47 Å². The number of hydrogen-bond acceptors (Lipinski definition) is 8. The van der Waals surface area contributed by atoms with E-state index in [1.165, 1.54) is 18.4 Å². The van der Waals surface area contributed by atoms with Crippen molar-refractivity contribution < 1.29 is 24.5 Å². The first-order chi connectivity index (χ1) is 13.5. The summed E-state index contributed by atoms with van der Waals surface area (Å²) in [6.45, 7) is -0.540. The van der Waals surface area contributed by atoms with Crippen LogP contribution in [-0.2, 0) is 4.79 Å². The molecular formula is C20H14NO5S2-. The monoisotopic (exact) mass is 412 g/mol. The van der Waals surface area contributed by atoms with Crippen LogP contribution in [0.3, 0.4) is 0 Å². The highest BCUT2D eigenvalue weighted by molar-refractivity contribution is 7.22. The smallest absolute Gasteiger partial charge is 0.161 e. The van der Waals surface area contributed by atoms with Gasteiger partial charge in [-0.2, -0.15) is 0 Å². The van der Waals surface area contributed by atoms with Gasteiger partial charge in [-0.15, -0.1) is 22.7 Å². The summed E-state index contributed by atoms with van der Waals surface area (Å²) in [6.07, 6.45) is 3.77. The summed E-state index contributed by atoms with van der Waals surface area (Å²) in [5.74, 6) is -0.273. The van der Waals surface area contributed by atoms with Crippen LogP contribution in [0.2, 0.25) is 0 Å². The predicted octanol–water partition coefficient (Wildman–Crippen LogP) is 3.52. The minimum absolute atomic E-state index is 0.264. The number of ether oxygens (including phenoxy) is 2. The molecule has 0 radical (unpaired) electrons. The van der Waals surface area contributed by atoms with Crippen molar-refractivity contribution in [1.29, 1.82) is 0 Å². The van der Waals surface area contributed by atoms with Crippen molar-refractivity contribution in [2.75, 3.05) is 13.7 Å². The van der Waals surface area contributed by atoms with Crippen LogP contribution in [0.1, 0.15) is 10.6 Å². The van der Waals surface area contributed by atoms with Crippen LogP contribution in [0.5, 0.6) is 17.2 Å². The van der Waals surface area contributed by atoms with Crippen molar-refractivity contribution in [1.82, 2.24) is 4.98 Å². The molecule has 0 aliphatic heterocycles. The highest BCUT2D eigenvalue weighted by Gasteiger charge is 2.11. The van der Waals surface area contributed by atoms with Gasteiger partial charge in [-0.1, -0.05) is 12.1 Å². The fourth-order valence-corrected chi connectivity index (χ4v) is 4.67. The Balaban J connectivity index is 1.62. The summed E-state index contributed by atoms with van der Waals surface area (Å²) in [5.41, 5.74) is 1.73. The quantitative estimate of drug-likeness (QED) is 0.521. The Morgan fingerprint density at radius 3 is 2.89 bits per heavy atom. The van der Waals surface area contributed by atoms with Gasteiger partial charge in [0, 0.05) is 11.5 Å². The lowest BCUT2D eigenvalue weighted by Crippen LogP contribution is -2.29. The Kier molecular flexibility index (Phi) is 4.89. The molecule has 0 aliphatic rings. The van der Waals surface area contributed by atoms with Gasteiger partial charge in [-0.05, 0) is 35.2 Å². The fraction of sp³-hybridized carbons (Fsp3) is 0.100. The number of fused-ring (bicyclic) bond motifs is 3. The molecular weight excluding hydrogens is 398 g/mol. The number of carboxylic acids is 1. The predicted molar refractivity (Wildman–Crippen MR) is 109 cm³/mol. The molecule has 0 spiro atoms. The van der Waals surface area contributed by atoms with Gasteiger partial charge in [-0.25, -0.2) is 4.98 Å². The molecule has 0 aliphatic carbocycles. The van der Waals surface area contributed by atoms with Crippen LogP contribution < -0.4 is 14.6 Å². The first-order valence-electron chi connectivity index (χ1n) is 8.23. The van der Waals surface area contributed by atoms with E-state index in [1.807, 2.05) is 23.6 Å². The Morgan fingerprint density at radius 2 is 2.11 bits per heavy atom. The molecule has 2 aromatic carbocycles. The SMILES string of the molecule is COc1cc(/C=C/c2nc3c(cc(O)c4ccsc43)s2)ccc1OCC(=O)[O-]. The molecule has 0 saturated carbocycles. The number of carbonyl (C=O) groups excluding carboxylic acids is 1. The average Bonchev–Trinajstić information content (AvgIpc) is 3.31. The molecule has 28 heavy (non-hydrogen) atoms. The minimum Gasteiger partial charge on any atom is -0.546 e. The summed E-state index contributed by atoms with van der Waals surface area (Å²) in [4.78, 5) is 15.2. The molecule has 1 N–H and O–H groups in total. The zero-order valence-electron chi connectivity index (χ0n) is 14.7. The normalized spacial score (nSPS) is 11.5. The third kappa shape index (κ3) is 3.51. The lowest BCUT2D eigenvalue weighted by molar-refractivity contribution is -0.307. The number of carbonyl (C=O) groups is 1. The van der Waals surface area contributed by atoms with Gasteiger partial charge in [0.15, 0.2) is 11.5 Å². The summed E-state index contributed by atoms with van der Waals surface area (Å²) >= 11 is 3.05. The van der Waals surface area contributed by atoms with E-state index in [0.717, 1.165) is 30.9 Å². The van der Waals surface area contributed by atoms with Gasteiger partial charge in [0.2, 0.25) is 0 Å². The van der Waals surface area contributed by atoms with Gasteiger partial charge in [-0.3, -0.25) is 0 Å². The Hall–Kier alpha value is -3.10. The minimum atomic E-state index is -1.30. The number of carboxylic acid groups (broad SMARTS) is 1. The third-order valence-electron chi connectivity index (χ3n) is 4.05. The second-order valence-corrected chi connectivity index (χ2v) is 7.84. The number of methoxy groups -OCH3 is 1. The Morgan fingerprint density at radius 1 is 1.25 bits per heavy atom. The van der Waals surface area contributed by atoms with E-state index >= 15 is 0 Å². The van der Waals surface area contributed by atoms with Crippen molar-refractivity contribution in [2.45, 2.75) is 0 Å². The lowest BCUT2D eigenvalue weighted by Gasteiger charge is -2.11. The molecule has 4 rings (SSSR count). The maximum atomic E-state index is 10.5. The van der Waals surface area contributed by atoms with E-state index in [2.05, 4.69) is 4.98 Å². The number of rotatable bonds is 6. The number of thiazole rings is 1. The van der Waals surface area contributed by atoms with Crippen molar-refractivity contribution in [2.24, 2.45) is 0 Å². The van der Waals surface area contributed by atoms with Gasteiger partial charge >= 0.3 is 0 Å². The van der Waals surface area contributed by atoms with Crippen molar-refractivity contribution in [3.8, 4) is 17.2 Å². The first kappa shape index (κ1) is 18.3. The van der Waals surface area contributed by atoms with Gasteiger partial charge in [0.25, 0.3) is 0 Å². The average molecular weight is 412 g/mol. The van der Waals surface area contributed by atoms with E-state index in [0.29, 0.717) is 11.5 Å². The molecule has 0 unspecified atom stereocenters. The van der Waals surface area contributed by atoms with Crippen LogP contribution in [0.25, 0.3) is 32.5 Å². The number of nitrogens with zero attached hydrogens (tertiary/aromatic N) is 1. The van der Waals surface area contributed by atoms with Crippen LogP contribution >= 0.6 is 22.7 Å². The Bertz CT molecular complexity index is 1210. The van der Waals surface area contributed by atoms with Crippen LogP contribution in [-0.4, -0.2) is 29.8 Å². The topological polar surface area (TPSA) is 91.7 Å². The van der Waals surface area contributed by atoms with E-state index in [-0.39, 0.29) is 5.75 Å². The summed E-state index contributed by atoms with van der Waals surface area (Å²) in [5, 5.41) is 24.3. The first-order valence-corrected chi connectivity index (χ1v) is 9.93. The standard InChI is InChI=1S/C20H15NO5S2/c1-25-15-8-11(2-4-14(15)26-10-18(23)24)3-5-17-21-19-16(28-17)9-13(22)12-6-7-27-20(12)19/h2-9,22H,10H2,1H3,(H,23,24)/p-1/b5-3+. The molecule has 0 saturated heterocycles. The van der Waals surface area contributed by atoms with Crippen LogP contribution in [0.4, 0.5) is 0 Å². The highest BCUT2D eigenvalue weighted by Crippen LogP contribution is 2.38. The second-order valence-electron chi connectivity index (χ2n) is 5.86. The number of aromatic nitrogens is 1. The number of phenolic OH excluding ortho intramolecular Hbond substituents is 1. The van der Waals surface area contributed by atoms with Crippen LogP contribution in [0, 0.1) is 0 Å². The molecule has 142 valence electrons. The molecule has 0 fully saturated rings. The van der Waals surface area contributed by atoms with E-state index in [1.54, 1.807) is 35.6 Å². The summed E-state index contributed by atoms with van der Waals surface area (Å²) < 4.78 is 12.3. The molecule has 0 amide bonds. The lowest BCUT2D eigenvalue weighted by atomic mass is 10.2. The fourth-order valence-electron chi connectivity index (χ4n) is 2.79. The zero-order valence-corrected chi connectivity index (χ0v) is 16.3. The second kappa shape index (κ2) is 7.49. The van der Waals surface area contributed by atoms with Gasteiger partial charge in [0.1, 0.15) is 17.4 Å². The summed E-state index contributed by atoms with van der Waals surface area (Å²) in [7, 11) is 1.49. The number of benzene rings is 2. The maximum Gasteiger partial charge on any atom is 0.161 e. The largest absolute Gasteiger partial charge is 0.546 e. The molecule has 0 bridgehead atoms. The molecule has 0 atom stereocenters. The van der Waals surface area contributed by atoms with Crippen molar-refractivity contribution in [3.05, 3.63) is 46.3 Å². The summed E-state index contributed by atoms with van der Waals surface area (Å²) in [6, 6.07) is 8.82. The highest BCUT2D eigenvalue weighted by atomic mass is 32.1. The zero-order chi connectivity index (χ0) is 19.7. The molecule has 6 nitrogen and oxygen atoms in total. The molecule has 4 aromatic rings. The molecule has 2 heterocycles. The maximum absolute atomic E-state index is 10.5. The number of thiophene rings is 1. The Labute approximate surface area is 167 Å². The molecule has 8 heteroatoms. The third-order valence-corrected chi connectivity index (χ3v) is 5.93. The van der Waals surface area contributed by atoms with Crippen LogP contribution in [0.15, 0.2) is 35.7 Å². The van der Waals surface area contributed by atoms with Crippen molar-refractivity contribution in [3.63, 3.8) is 0 Å².